The fourth-order valence-corrected chi connectivity index (χ4v) is 5.12. The van der Waals surface area contributed by atoms with Gasteiger partial charge in [-0.2, -0.15) is 5.10 Å². The summed E-state index contributed by atoms with van der Waals surface area (Å²) in [4.78, 5) is 29.9. The second kappa shape index (κ2) is 9.20. The molecule has 10 heteroatoms. The summed E-state index contributed by atoms with van der Waals surface area (Å²) in [5.41, 5.74) is 2.80. The third-order valence-electron chi connectivity index (χ3n) is 6.04. The van der Waals surface area contributed by atoms with Gasteiger partial charge >= 0.3 is 0 Å². The molecule has 2 aromatic carbocycles. The van der Waals surface area contributed by atoms with Crippen LogP contribution in [0.5, 0.6) is 5.75 Å². The van der Waals surface area contributed by atoms with Crippen molar-refractivity contribution in [1.82, 2.24) is 9.78 Å². The number of rotatable bonds is 9. The van der Waals surface area contributed by atoms with Crippen LogP contribution in [0.15, 0.2) is 46.2 Å². The van der Waals surface area contributed by atoms with Crippen molar-refractivity contribution in [1.29, 1.82) is 0 Å². The summed E-state index contributed by atoms with van der Waals surface area (Å²) in [6.45, 7) is 0.248. The van der Waals surface area contributed by atoms with Crippen LogP contribution in [0.1, 0.15) is 24.1 Å². The number of aromatic nitrogens is 2. The molecular formula is C25H24ClN3O5S. The van der Waals surface area contributed by atoms with Crippen molar-refractivity contribution < 1.29 is 17.9 Å². The zero-order valence-electron chi connectivity index (χ0n) is 19.2. The molecule has 1 aliphatic carbocycles. The lowest BCUT2D eigenvalue weighted by Gasteiger charge is -2.11. The van der Waals surface area contributed by atoms with Gasteiger partial charge in [-0.25, -0.2) is 13.1 Å². The predicted octanol–water partition coefficient (Wildman–Crippen LogP) is 3.32. The molecule has 1 aliphatic heterocycles. The van der Waals surface area contributed by atoms with E-state index < -0.39 is 33.5 Å². The number of halogens is 1. The number of fused-ring (bicyclic) bond motifs is 2. The van der Waals surface area contributed by atoms with E-state index in [0.717, 1.165) is 27.9 Å². The highest BCUT2D eigenvalue weighted by atomic mass is 35.5. The Labute approximate surface area is 207 Å². The number of Topliss-reactive ketones (excluding diaryl/α,β-unsaturated/α-hetero) is 1. The van der Waals surface area contributed by atoms with E-state index in [9.17, 15) is 18.0 Å². The summed E-state index contributed by atoms with van der Waals surface area (Å²) in [7, 11) is -3.50. The van der Waals surface area contributed by atoms with E-state index >= 15 is 0 Å². The minimum absolute atomic E-state index is 0.367. The van der Waals surface area contributed by atoms with Gasteiger partial charge in [-0.05, 0) is 36.5 Å². The van der Waals surface area contributed by atoms with E-state index in [1.807, 2.05) is 24.3 Å². The first-order valence-electron chi connectivity index (χ1n) is 11.4. The molecule has 0 spiro atoms. The van der Waals surface area contributed by atoms with E-state index in [1.165, 1.54) is 12.8 Å². The molecule has 1 saturated carbocycles. The molecule has 0 bridgehead atoms. The molecule has 0 radical (unpaired) electrons. The van der Waals surface area contributed by atoms with E-state index in [2.05, 4.69) is 5.10 Å². The maximum Gasteiger partial charge on any atom is 0.275 e. The molecule has 1 fully saturated rings. The molecule has 2 heterocycles. The van der Waals surface area contributed by atoms with Crippen LogP contribution in [0, 0.1) is 5.92 Å². The minimum Gasteiger partial charge on any atom is -0.492 e. The summed E-state index contributed by atoms with van der Waals surface area (Å²) in [5, 5.41) is 6.09. The van der Waals surface area contributed by atoms with Crippen LogP contribution in [0.4, 0.5) is 5.69 Å². The Balaban J connectivity index is 1.43. The Hall–Kier alpha value is -3.04. The molecule has 0 unspecified atom stereocenters. The first-order valence-corrected chi connectivity index (χ1v) is 13.8. The number of hydrogen-bond donors (Lipinski definition) is 0. The van der Waals surface area contributed by atoms with Crippen molar-refractivity contribution in [3.63, 3.8) is 0 Å². The van der Waals surface area contributed by atoms with Crippen LogP contribution < -0.4 is 10.3 Å². The second-order valence-corrected chi connectivity index (χ2v) is 11.8. The zero-order chi connectivity index (χ0) is 24.7. The van der Waals surface area contributed by atoms with Crippen molar-refractivity contribution in [2.45, 2.75) is 32.2 Å². The highest BCUT2D eigenvalue weighted by molar-refractivity contribution is 7.91. The lowest BCUT2D eigenvalue weighted by molar-refractivity contribution is -0.117. The average Bonchev–Trinajstić information content (AvgIpc) is 3.53. The Morgan fingerprint density at radius 3 is 2.66 bits per heavy atom. The Morgan fingerprint density at radius 2 is 1.94 bits per heavy atom. The number of carbonyl (C=O) groups excluding carboxylic acids is 1. The van der Waals surface area contributed by atoms with Crippen LogP contribution in [-0.4, -0.2) is 48.3 Å². The Bertz CT molecular complexity index is 1540. The van der Waals surface area contributed by atoms with Gasteiger partial charge in [0.05, 0.1) is 28.4 Å². The molecule has 0 saturated heterocycles. The number of aliphatic imine (C=N–C) groups is 1. The molecule has 2 aliphatic rings. The van der Waals surface area contributed by atoms with E-state index in [-0.39, 0.29) is 0 Å². The van der Waals surface area contributed by atoms with Crippen molar-refractivity contribution >= 4 is 49.4 Å². The third kappa shape index (κ3) is 5.46. The molecule has 35 heavy (non-hydrogen) atoms. The Morgan fingerprint density at radius 1 is 1.20 bits per heavy atom. The maximum absolute atomic E-state index is 12.9. The third-order valence-corrected chi connectivity index (χ3v) is 7.18. The monoisotopic (exact) mass is 513 g/mol. The molecule has 0 atom stereocenters. The molecular weight excluding hydrogens is 490 g/mol. The largest absolute Gasteiger partial charge is 0.492 e. The first-order chi connectivity index (χ1) is 16.7. The van der Waals surface area contributed by atoms with E-state index in [4.69, 9.17) is 21.3 Å². The summed E-state index contributed by atoms with van der Waals surface area (Å²) in [6, 6.07) is 10.8. The van der Waals surface area contributed by atoms with Crippen molar-refractivity contribution in [3.05, 3.63) is 63.0 Å². The number of ether oxygens (including phenoxy) is 1. The number of sulfone groups is 1. The average molecular weight is 514 g/mol. The molecule has 0 amide bonds. The minimum atomic E-state index is -3.50. The van der Waals surface area contributed by atoms with Gasteiger partial charge < -0.3 is 4.74 Å². The smallest absolute Gasteiger partial charge is 0.275 e. The molecule has 8 nitrogen and oxygen atoms in total. The van der Waals surface area contributed by atoms with Gasteiger partial charge in [-0.15, -0.1) is 0 Å². The highest BCUT2D eigenvalue weighted by Gasteiger charge is 2.24. The van der Waals surface area contributed by atoms with Crippen LogP contribution in [0.25, 0.3) is 10.8 Å². The van der Waals surface area contributed by atoms with Crippen molar-refractivity contribution in [2.75, 3.05) is 18.6 Å². The SMILES string of the molecule is CS(=O)(=O)CC(=O)Cn1nc(CC2=Nc3cc(OCC4CC4)c(Cl)cc3C2)c2ccccc2c1=O. The quantitative estimate of drug-likeness (QED) is 0.434. The summed E-state index contributed by atoms with van der Waals surface area (Å²) < 4.78 is 29.9. The van der Waals surface area contributed by atoms with Gasteiger partial charge in [0, 0.05) is 36.3 Å². The van der Waals surface area contributed by atoms with Crippen LogP contribution in [-0.2, 0) is 34.0 Å². The van der Waals surface area contributed by atoms with Gasteiger partial charge in [-0.1, -0.05) is 29.8 Å². The summed E-state index contributed by atoms with van der Waals surface area (Å²) >= 11 is 6.43. The standard InChI is InChI=1S/C25H24ClN3O5S/c1-35(32,33)14-18(30)12-29-25(31)20-5-3-2-4-19(20)23(28-29)10-17-8-16-9-21(26)24(11-22(16)27-17)34-13-15-6-7-15/h2-5,9,11,15H,6-8,10,12-14H2,1H3. The number of ketones is 1. The number of benzene rings is 2. The number of hydrogen-bond acceptors (Lipinski definition) is 7. The zero-order valence-corrected chi connectivity index (χ0v) is 20.7. The van der Waals surface area contributed by atoms with Gasteiger partial charge in [0.25, 0.3) is 5.56 Å². The van der Waals surface area contributed by atoms with E-state index in [0.29, 0.717) is 52.6 Å². The fraction of sp³-hybridized carbons (Fsp3) is 0.360. The lowest BCUT2D eigenvalue weighted by Crippen LogP contribution is -2.31. The lowest BCUT2D eigenvalue weighted by atomic mass is 10.0. The van der Waals surface area contributed by atoms with Gasteiger partial charge in [-0.3, -0.25) is 14.6 Å². The number of nitrogens with zero attached hydrogens (tertiary/aromatic N) is 3. The van der Waals surface area contributed by atoms with Crippen molar-refractivity contribution in [3.8, 4) is 5.75 Å². The van der Waals surface area contributed by atoms with Gasteiger partial charge in [0.1, 0.15) is 18.0 Å². The van der Waals surface area contributed by atoms with Gasteiger partial charge in [0.15, 0.2) is 15.6 Å². The maximum atomic E-state index is 12.9. The highest BCUT2D eigenvalue weighted by Crippen LogP contribution is 2.38. The topological polar surface area (TPSA) is 108 Å². The second-order valence-electron chi connectivity index (χ2n) is 9.26. The molecule has 5 rings (SSSR count). The van der Waals surface area contributed by atoms with Crippen LogP contribution in [0.3, 0.4) is 0 Å². The summed E-state index contributed by atoms with van der Waals surface area (Å²) in [5.74, 6) is 0.000822. The molecule has 0 N–H and O–H groups in total. The number of carbonyl (C=O) groups is 1. The molecule has 182 valence electrons. The normalized spacial score (nSPS) is 15.2. The fourth-order valence-electron chi connectivity index (χ4n) is 4.21. The summed E-state index contributed by atoms with van der Waals surface area (Å²) in [6.07, 6.45) is 4.31. The van der Waals surface area contributed by atoms with Gasteiger partial charge in [0.2, 0.25) is 0 Å². The van der Waals surface area contributed by atoms with Crippen LogP contribution in [0.2, 0.25) is 5.02 Å². The molecule has 3 aromatic rings. The van der Waals surface area contributed by atoms with Crippen LogP contribution >= 0.6 is 11.6 Å². The van der Waals surface area contributed by atoms with Crippen molar-refractivity contribution in [2.24, 2.45) is 10.9 Å². The first kappa shape index (κ1) is 23.7. The molecule has 1 aromatic heterocycles. The Kier molecular flexibility index (Phi) is 6.23. The predicted molar refractivity (Wildman–Crippen MR) is 135 cm³/mol. The van der Waals surface area contributed by atoms with E-state index in [1.54, 1.807) is 12.1 Å².